The molecule has 0 radical (unpaired) electrons. The highest BCUT2D eigenvalue weighted by Crippen LogP contribution is 2.30. The van der Waals surface area contributed by atoms with Crippen LogP contribution in [0.4, 0.5) is 4.39 Å². The molecule has 92 valence electrons. The molecule has 0 atom stereocenters. The summed E-state index contributed by atoms with van der Waals surface area (Å²) in [6.45, 7) is 0.808. The van der Waals surface area contributed by atoms with E-state index in [1.165, 1.54) is 18.2 Å². The van der Waals surface area contributed by atoms with Crippen LogP contribution < -0.4 is 5.73 Å². The average Bonchev–Trinajstić information content (AvgIpc) is 3.09. The van der Waals surface area contributed by atoms with E-state index in [4.69, 9.17) is 17.3 Å². The molecule has 1 aliphatic carbocycles. The quantitative estimate of drug-likeness (QED) is 0.896. The van der Waals surface area contributed by atoms with E-state index in [2.05, 4.69) is 0 Å². The molecular weight excluding hydrogens is 243 g/mol. The largest absolute Gasteiger partial charge is 0.334 e. The van der Waals surface area contributed by atoms with Crippen molar-refractivity contribution in [3.05, 3.63) is 34.6 Å². The molecule has 5 heteroatoms. The van der Waals surface area contributed by atoms with E-state index in [1.807, 2.05) is 0 Å². The van der Waals surface area contributed by atoms with E-state index >= 15 is 0 Å². The van der Waals surface area contributed by atoms with Crippen molar-refractivity contribution in [2.45, 2.75) is 18.9 Å². The highest BCUT2D eigenvalue weighted by Gasteiger charge is 2.34. The number of nitrogens with zero attached hydrogens (tertiary/aromatic N) is 1. The lowest BCUT2D eigenvalue weighted by atomic mass is 10.1. The average molecular weight is 257 g/mol. The minimum atomic E-state index is -0.579. The fraction of sp³-hybridized carbons (Fsp3) is 0.417. The molecule has 0 aromatic heterocycles. The van der Waals surface area contributed by atoms with Gasteiger partial charge in [-0.1, -0.05) is 17.7 Å². The summed E-state index contributed by atoms with van der Waals surface area (Å²) in [6, 6.07) is 4.44. The van der Waals surface area contributed by atoms with Crippen LogP contribution in [0, 0.1) is 5.82 Å². The summed E-state index contributed by atoms with van der Waals surface area (Å²) in [6.07, 6.45) is 1.91. The van der Waals surface area contributed by atoms with E-state index in [0.717, 1.165) is 12.8 Å². The van der Waals surface area contributed by atoms with Crippen LogP contribution in [-0.4, -0.2) is 29.9 Å². The van der Waals surface area contributed by atoms with Gasteiger partial charge in [0.2, 0.25) is 0 Å². The highest BCUT2D eigenvalue weighted by molar-refractivity contribution is 6.33. The molecule has 2 rings (SSSR count). The summed E-state index contributed by atoms with van der Waals surface area (Å²) < 4.78 is 13.6. The van der Waals surface area contributed by atoms with Gasteiger partial charge in [-0.25, -0.2) is 4.39 Å². The zero-order valence-electron chi connectivity index (χ0n) is 9.33. The van der Waals surface area contributed by atoms with Gasteiger partial charge >= 0.3 is 0 Å². The Morgan fingerprint density at radius 2 is 2.24 bits per heavy atom. The Kier molecular flexibility index (Phi) is 3.64. The van der Waals surface area contributed by atoms with Gasteiger partial charge in [0.1, 0.15) is 5.82 Å². The van der Waals surface area contributed by atoms with Crippen LogP contribution in [0.15, 0.2) is 18.2 Å². The zero-order chi connectivity index (χ0) is 12.4. The molecule has 1 aromatic rings. The Morgan fingerprint density at radius 1 is 1.53 bits per heavy atom. The number of benzene rings is 1. The maximum Gasteiger partial charge on any atom is 0.258 e. The van der Waals surface area contributed by atoms with E-state index in [-0.39, 0.29) is 22.5 Å². The Hall–Kier alpha value is -1.13. The summed E-state index contributed by atoms with van der Waals surface area (Å²) >= 11 is 5.87. The summed E-state index contributed by atoms with van der Waals surface area (Å²) in [4.78, 5) is 13.8. The molecule has 0 saturated heterocycles. The number of rotatable bonds is 4. The summed E-state index contributed by atoms with van der Waals surface area (Å²) in [5.41, 5.74) is 5.42. The molecule has 3 nitrogen and oxygen atoms in total. The number of amides is 1. The van der Waals surface area contributed by atoms with Crippen LogP contribution in [0.5, 0.6) is 0 Å². The molecule has 1 aromatic carbocycles. The first kappa shape index (κ1) is 12.3. The molecule has 0 unspecified atom stereocenters. The first-order chi connectivity index (χ1) is 8.15. The van der Waals surface area contributed by atoms with Crippen molar-refractivity contribution in [2.75, 3.05) is 13.1 Å². The van der Waals surface area contributed by atoms with Crippen LogP contribution in [0.2, 0.25) is 5.02 Å². The van der Waals surface area contributed by atoms with Crippen molar-refractivity contribution in [3.63, 3.8) is 0 Å². The second-order valence-electron chi connectivity index (χ2n) is 4.12. The monoisotopic (exact) mass is 256 g/mol. The Bertz CT molecular complexity index is 414. The van der Waals surface area contributed by atoms with Gasteiger partial charge in [-0.2, -0.15) is 0 Å². The highest BCUT2D eigenvalue weighted by atomic mass is 35.5. The fourth-order valence-corrected chi connectivity index (χ4v) is 2.06. The predicted octanol–water partition coefficient (Wildman–Crippen LogP) is 2.04. The lowest BCUT2D eigenvalue weighted by Crippen LogP contribution is -2.37. The minimum Gasteiger partial charge on any atom is -0.334 e. The molecule has 1 saturated carbocycles. The Morgan fingerprint density at radius 3 is 2.76 bits per heavy atom. The number of hydrogen-bond donors (Lipinski definition) is 1. The number of halogens is 2. The molecule has 1 fully saturated rings. The minimum absolute atomic E-state index is 0.0467. The standard InChI is InChI=1S/C12H14ClFN2O/c13-9-2-1-3-10(14)11(9)12(17)16(7-6-15)8-4-5-8/h1-3,8H,4-7,15H2. The van der Waals surface area contributed by atoms with Crippen LogP contribution in [0.25, 0.3) is 0 Å². The van der Waals surface area contributed by atoms with Crippen molar-refractivity contribution >= 4 is 17.5 Å². The summed E-state index contributed by atoms with van der Waals surface area (Å²) in [5.74, 6) is -0.939. The first-order valence-corrected chi connectivity index (χ1v) is 5.98. The molecule has 2 N–H and O–H groups in total. The van der Waals surface area contributed by atoms with E-state index < -0.39 is 5.82 Å². The van der Waals surface area contributed by atoms with Crippen molar-refractivity contribution in [1.29, 1.82) is 0 Å². The normalized spacial score (nSPS) is 14.8. The Balaban J connectivity index is 2.28. The number of nitrogens with two attached hydrogens (primary N) is 1. The van der Waals surface area contributed by atoms with E-state index in [9.17, 15) is 9.18 Å². The van der Waals surface area contributed by atoms with Gasteiger partial charge in [0.05, 0.1) is 10.6 Å². The molecule has 1 aliphatic rings. The summed E-state index contributed by atoms with van der Waals surface area (Å²) in [5, 5.41) is 0.151. The molecule has 0 spiro atoms. The van der Waals surface area contributed by atoms with Gasteiger partial charge in [0, 0.05) is 19.1 Å². The number of carbonyl (C=O) groups excluding carboxylic acids is 1. The van der Waals surface area contributed by atoms with Gasteiger partial charge in [-0.15, -0.1) is 0 Å². The van der Waals surface area contributed by atoms with Gasteiger partial charge in [-0.3, -0.25) is 4.79 Å². The van der Waals surface area contributed by atoms with Crippen molar-refractivity contribution in [1.82, 2.24) is 4.90 Å². The molecule has 17 heavy (non-hydrogen) atoms. The number of hydrogen-bond acceptors (Lipinski definition) is 2. The third-order valence-electron chi connectivity index (χ3n) is 2.80. The number of carbonyl (C=O) groups is 1. The molecule has 0 heterocycles. The SMILES string of the molecule is NCCN(C(=O)c1c(F)cccc1Cl)C1CC1. The topological polar surface area (TPSA) is 46.3 Å². The van der Waals surface area contributed by atoms with Crippen LogP contribution >= 0.6 is 11.6 Å². The molecule has 0 bridgehead atoms. The smallest absolute Gasteiger partial charge is 0.258 e. The predicted molar refractivity (Wildman–Crippen MR) is 64.5 cm³/mol. The van der Waals surface area contributed by atoms with E-state index in [1.54, 1.807) is 4.90 Å². The van der Waals surface area contributed by atoms with Gasteiger partial charge in [-0.05, 0) is 25.0 Å². The maximum absolute atomic E-state index is 13.6. The second-order valence-corrected chi connectivity index (χ2v) is 4.52. The first-order valence-electron chi connectivity index (χ1n) is 5.60. The lowest BCUT2D eigenvalue weighted by Gasteiger charge is -2.22. The van der Waals surface area contributed by atoms with Crippen LogP contribution in [-0.2, 0) is 0 Å². The molecule has 0 aliphatic heterocycles. The second kappa shape index (κ2) is 5.02. The fourth-order valence-electron chi connectivity index (χ4n) is 1.82. The third kappa shape index (κ3) is 2.58. The van der Waals surface area contributed by atoms with Gasteiger partial charge in [0.15, 0.2) is 0 Å². The zero-order valence-corrected chi connectivity index (χ0v) is 10.1. The summed E-state index contributed by atoms with van der Waals surface area (Å²) in [7, 11) is 0. The van der Waals surface area contributed by atoms with Crippen molar-refractivity contribution in [3.8, 4) is 0 Å². The maximum atomic E-state index is 13.6. The van der Waals surface area contributed by atoms with Crippen LogP contribution in [0.3, 0.4) is 0 Å². The van der Waals surface area contributed by atoms with Gasteiger partial charge < -0.3 is 10.6 Å². The van der Waals surface area contributed by atoms with Crippen molar-refractivity contribution in [2.24, 2.45) is 5.73 Å². The molecule has 1 amide bonds. The van der Waals surface area contributed by atoms with Crippen molar-refractivity contribution < 1.29 is 9.18 Å². The molecular formula is C12H14ClFN2O. The van der Waals surface area contributed by atoms with Gasteiger partial charge in [0.25, 0.3) is 5.91 Å². The third-order valence-corrected chi connectivity index (χ3v) is 3.11. The van der Waals surface area contributed by atoms with E-state index in [0.29, 0.717) is 13.1 Å². The van der Waals surface area contributed by atoms with Crippen LogP contribution in [0.1, 0.15) is 23.2 Å². The Labute approximate surface area is 104 Å². The lowest BCUT2D eigenvalue weighted by molar-refractivity contribution is 0.0743.